The number of anilines is 2. The molecule has 4 rings (SSSR count). The second kappa shape index (κ2) is 7.72. The normalized spacial score (nSPS) is 19.1. The van der Waals surface area contributed by atoms with Gasteiger partial charge in [-0.3, -0.25) is 0 Å². The van der Waals surface area contributed by atoms with E-state index in [0.717, 1.165) is 29.4 Å². The smallest absolute Gasteiger partial charge is 0.141 e. The summed E-state index contributed by atoms with van der Waals surface area (Å²) in [7, 11) is 0. The Balaban J connectivity index is 1.67. The number of halogens is 2. The predicted molar refractivity (Wildman–Crippen MR) is 108 cm³/mol. The third kappa shape index (κ3) is 4.07. The van der Waals surface area contributed by atoms with E-state index >= 15 is 0 Å². The van der Waals surface area contributed by atoms with Crippen LogP contribution in [0.25, 0.3) is 10.9 Å². The van der Waals surface area contributed by atoms with Crippen molar-refractivity contribution in [3.05, 3.63) is 59.1 Å². The van der Waals surface area contributed by atoms with E-state index in [1.807, 2.05) is 18.2 Å². The summed E-state index contributed by atoms with van der Waals surface area (Å²) in [4.78, 5) is 8.57. The van der Waals surface area contributed by atoms with Crippen LogP contribution in [0.3, 0.4) is 0 Å². The Morgan fingerprint density at radius 1 is 1.21 bits per heavy atom. The molecule has 28 heavy (non-hydrogen) atoms. The maximum Gasteiger partial charge on any atom is 0.141 e. The van der Waals surface area contributed by atoms with Gasteiger partial charge in [-0.05, 0) is 55.8 Å². The molecular weight excluding hydrogens is 379 g/mol. The second-order valence-corrected chi connectivity index (χ2v) is 7.18. The predicted octanol–water partition coefficient (Wildman–Crippen LogP) is 3.63. The van der Waals surface area contributed by atoms with Crippen molar-refractivity contribution in [1.29, 1.82) is 0 Å². The molecule has 5 nitrogen and oxygen atoms in total. The molecule has 3 aromatic rings. The number of aromatic nitrogens is 2. The molecule has 0 aliphatic carbocycles. The van der Waals surface area contributed by atoms with E-state index in [0.29, 0.717) is 24.5 Å². The van der Waals surface area contributed by atoms with Gasteiger partial charge in [-0.15, -0.1) is 0 Å². The lowest BCUT2D eigenvalue weighted by Crippen LogP contribution is -2.44. The number of fused-ring (bicyclic) bond motifs is 1. The molecule has 1 fully saturated rings. The molecule has 0 bridgehead atoms. The van der Waals surface area contributed by atoms with Crippen LogP contribution in [0.4, 0.5) is 15.9 Å². The Morgan fingerprint density at radius 2 is 2.11 bits per heavy atom. The van der Waals surface area contributed by atoms with Gasteiger partial charge in [0.2, 0.25) is 0 Å². The Labute approximate surface area is 167 Å². The maximum atomic E-state index is 13.4. The minimum absolute atomic E-state index is 0.0317. The van der Waals surface area contributed by atoms with Crippen LogP contribution in [0.2, 0.25) is 5.02 Å². The Kier molecular flexibility index (Phi) is 5.14. The van der Waals surface area contributed by atoms with Crippen LogP contribution < -0.4 is 10.6 Å². The average Bonchev–Trinajstić information content (AvgIpc) is 2.70. The standard InChI is InChI=1S/C21H18ClFN4O/c22-17-11-15(3-4-18(17)23)27-20-16-10-14(2-5-19(16)25-13-26-20)6-8-21(28)7-1-9-24-12-21/h2-5,10-11,13,24,28H,1,7,9,12H2,(H,25,26,27). The third-order valence-corrected chi connectivity index (χ3v) is 4.91. The van der Waals surface area contributed by atoms with Gasteiger partial charge in [0.05, 0.1) is 10.5 Å². The maximum absolute atomic E-state index is 13.4. The Hall–Kier alpha value is -2.72. The summed E-state index contributed by atoms with van der Waals surface area (Å²) in [5, 5.41) is 17.6. The zero-order valence-electron chi connectivity index (χ0n) is 15.0. The molecule has 2 aromatic carbocycles. The lowest BCUT2D eigenvalue weighted by Gasteiger charge is -2.27. The molecule has 1 aromatic heterocycles. The highest BCUT2D eigenvalue weighted by Crippen LogP contribution is 2.26. The Bertz CT molecular complexity index is 1090. The zero-order valence-corrected chi connectivity index (χ0v) is 15.7. The first-order valence-corrected chi connectivity index (χ1v) is 9.33. The molecule has 0 amide bonds. The number of benzene rings is 2. The molecule has 1 aliphatic heterocycles. The fourth-order valence-corrected chi connectivity index (χ4v) is 3.31. The summed E-state index contributed by atoms with van der Waals surface area (Å²) < 4.78 is 13.4. The number of β-amino-alcohol motifs (C(OH)–C–C–N with tert-alkyl or cyclic N) is 1. The molecule has 0 spiro atoms. The van der Waals surface area contributed by atoms with Crippen molar-refractivity contribution >= 4 is 34.0 Å². The summed E-state index contributed by atoms with van der Waals surface area (Å²) in [5.74, 6) is 6.13. The van der Waals surface area contributed by atoms with Crippen molar-refractivity contribution in [3.63, 3.8) is 0 Å². The molecule has 3 N–H and O–H groups in total. The number of nitrogens with one attached hydrogen (secondary N) is 2. The van der Waals surface area contributed by atoms with Crippen LogP contribution >= 0.6 is 11.6 Å². The van der Waals surface area contributed by atoms with Gasteiger partial charge < -0.3 is 15.7 Å². The van der Waals surface area contributed by atoms with Crippen LogP contribution in [0, 0.1) is 17.7 Å². The molecule has 1 aliphatic rings. The van der Waals surface area contributed by atoms with Crippen molar-refractivity contribution in [2.75, 3.05) is 18.4 Å². The summed E-state index contributed by atoms with van der Waals surface area (Å²) in [6.45, 7) is 1.37. The van der Waals surface area contributed by atoms with Gasteiger partial charge in [-0.1, -0.05) is 23.4 Å². The topological polar surface area (TPSA) is 70.1 Å². The van der Waals surface area contributed by atoms with Crippen LogP contribution in [-0.2, 0) is 0 Å². The van der Waals surface area contributed by atoms with Crippen LogP contribution in [0.1, 0.15) is 18.4 Å². The molecule has 0 saturated carbocycles. The van der Waals surface area contributed by atoms with E-state index in [-0.39, 0.29) is 5.02 Å². The quantitative estimate of drug-likeness (QED) is 0.577. The molecule has 7 heteroatoms. The monoisotopic (exact) mass is 396 g/mol. The van der Waals surface area contributed by atoms with Gasteiger partial charge in [0.25, 0.3) is 0 Å². The lowest BCUT2D eigenvalue weighted by atomic mass is 9.94. The van der Waals surface area contributed by atoms with Crippen LogP contribution in [-0.4, -0.2) is 33.8 Å². The number of aliphatic hydroxyl groups is 1. The molecule has 1 saturated heterocycles. The summed E-state index contributed by atoms with van der Waals surface area (Å²) in [5.41, 5.74) is 1.10. The van der Waals surface area contributed by atoms with E-state index < -0.39 is 11.4 Å². The van der Waals surface area contributed by atoms with Gasteiger partial charge in [-0.2, -0.15) is 0 Å². The van der Waals surface area contributed by atoms with E-state index in [4.69, 9.17) is 11.6 Å². The van der Waals surface area contributed by atoms with Crippen molar-refractivity contribution < 1.29 is 9.50 Å². The van der Waals surface area contributed by atoms with E-state index in [1.54, 1.807) is 6.07 Å². The van der Waals surface area contributed by atoms with E-state index in [1.165, 1.54) is 18.5 Å². The number of hydrogen-bond acceptors (Lipinski definition) is 5. The summed E-state index contributed by atoms with van der Waals surface area (Å²) >= 11 is 5.86. The number of nitrogens with zero attached hydrogens (tertiary/aromatic N) is 2. The first-order valence-electron chi connectivity index (χ1n) is 8.96. The first kappa shape index (κ1) is 18.6. The summed E-state index contributed by atoms with van der Waals surface area (Å²) in [6, 6.07) is 9.97. The highest BCUT2D eigenvalue weighted by atomic mass is 35.5. The van der Waals surface area contributed by atoms with Crippen molar-refractivity contribution in [2.45, 2.75) is 18.4 Å². The fourth-order valence-electron chi connectivity index (χ4n) is 3.13. The fraction of sp³-hybridized carbons (Fsp3) is 0.238. The lowest BCUT2D eigenvalue weighted by molar-refractivity contribution is 0.0736. The van der Waals surface area contributed by atoms with E-state index in [9.17, 15) is 9.50 Å². The van der Waals surface area contributed by atoms with Gasteiger partial charge in [-0.25, -0.2) is 14.4 Å². The highest BCUT2D eigenvalue weighted by molar-refractivity contribution is 6.31. The van der Waals surface area contributed by atoms with Crippen LogP contribution in [0.5, 0.6) is 0 Å². The molecular formula is C21H18ClFN4O. The molecule has 2 heterocycles. The molecule has 1 atom stereocenters. The van der Waals surface area contributed by atoms with Gasteiger partial charge in [0, 0.05) is 23.2 Å². The van der Waals surface area contributed by atoms with Crippen LogP contribution in [0.15, 0.2) is 42.7 Å². The molecule has 142 valence electrons. The number of rotatable bonds is 2. The number of hydrogen-bond donors (Lipinski definition) is 3. The van der Waals surface area contributed by atoms with Crippen molar-refractivity contribution in [2.24, 2.45) is 0 Å². The zero-order chi connectivity index (χ0) is 19.6. The third-order valence-electron chi connectivity index (χ3n) is 4.62. The molecule has 1 unspecified atom stereocenters. The minimum Gasteiger partial charge on any atom is -0.376 e. The van der Waals surface area contributed by atoms with Gasteiger partial charge >= 0.3 is 0 Å². The van der Waals surface area contributed by atoms with Crippen molar-refractivity contribution in [1.82, 2.24) is 15.3 Å². The first-order chi connectivity index (χ1) is 13.5. The van der Waals surface area contributed by atoms with E-state index in [2.05, 4.69) is 32.4 Å². The van der Waals surface area contributed by atoms with Gasteiger partial charge in [0.1, 0.15) is 23.6 Å². The average molecular weight is 397 g/mol. The number of piperidine rings is 1. The SMILES string of the molecule is OC1(C#Cc2ccc3ncnc(Nc4ccc(F)c(Cl)c4)c3c2)CCCNC1. The largest absolute Gasteiger partial charge is 0.376 e. The second-order valence-electron chi connectivity index (χ2n) is 6.77. The van der Waals surface area contributed by atoms with Gasteiger partial charge in [0.15, 0.2) is 0 Å². The highest BCUT2D eigenvalue weighted by Gasteiger charge is 2.26. The Morgan fingerprint density at radius 3 is 2.89 bits per heavy atom. The summed E-state index contributed by atoms with van der Waals surface area (Å²) in [6.07, 6.45) is 3.00. The minimum atomic E-state index is -1.01. The molecule has 0 radical (unpaired) electrons. The van der Waals surface area contributed by atoms with Crippen molar-refractivity contribution in [3.8, 4) is 11.8 Å².